The van der Waals surface area contributed by atoms with Crippen LogP contribution in [0.15, 0.2) is 24.3 Å². The quantitative estimate of drug-likeness (QED) is 0.494. The van der Waals surface area contributed by atoms with Gasteiger partial charge in [-0.15, -0.1) is 0 Å². The molecule has 1 saturated carbocycles. The van der Waals surface area contributed by atoms with E-state index >= 15 is 0 Å². The normalized spacial score (nSPS) is 28.1. The predicted octanol–water partition coefficient (Wildman–Crippen LogP) is 7.13. The van der Waals surface area contributed by atoms with Gasteiger partial charge in [0.2, 0.25) is 0 Å². The molecular weight excluding hydrogens is 398 g/mol. The minimum Gasteiger partial charge on any atom is -0.262 e. The van der Waals surface area contributed by atoms with Gasteiger partial charge in [-0.1, -0.05) is 74.8 Å². The van der Waals surface area contributed by atoms with Crippen molar-refractivity contribution in [3.8, 4) is 11.4 Å². The Bertz CT molecular complexity index is 711. The van der Waals surface area contributed by atoms with Crippen LogP contribution in [0.5, 0.6) is 0 Å². The topological polar surface area (TPSA) is 41.6 Å². The van der Waals surface area contributed by atoms with Crippen LogP contribution in [0, 0.1) is 23.7 Å². The van der Waals surface area contributed by atoms with Gasteiger partial charge in [-0.05, 0) is 60.8 Å². The standard InChI is InChI=1S/C23H34BrN3/c1-6-15(3)18-7-9-19(10-8-18)22-25-23(27-26-22)21(24)13-20-16(4)11-14(2)12-17(20)5/h7-10,14-17,20-21H,6,11-13H2,1-5H3,(H,25,26,27). The van der Waals surface area contributed by atoms with E-state index in [0.717, 1.165) is 53.7 Å². The molecule has 0 amide bonds. The molecule has 1 heterocycles. The molecule has 0 saturated heterocycles. The van der Waals surface area contributed by atoms with E-state index in [0.29, 0.717) is 5.92 Å². The van der Waals surface area contributed by atoms with Crippen molar-refractivity contribution in [2.24, 2.45) is 23.7 Å². The Morgan fingerprint density at radius 2 is 1.74 bits per heavy atom. The van der Waals surface area contributed by atoms with E-state index < -0.39 is 0 Å². The third-order valence-corrected chi connectivity index (χ3v) is 7.45. The molecule has 3 rings (SSSR count). The fraction of sp³-hybridized carbons (Fsp3) is 0.652. The molecule has 4 heteroatoms. The molecule has 0 spiro atoms. The summed E-state index contributed by atoms with van der Waals surface area (Å²) in [6.07, 6.45) is 4.97. The number of aromatic nitrogens is 3. The maximum absolute atomic E-state index is 4.79. The third-order valence-electron chi connectivity index (χ3n) is 6.64. The Morgan fingerprint density at radius 3 is 2.33 bits per heavy atom. The van der Waals surface area contributed by atoms with Gasteiger partial charge in [-0.25, -0.2) is 4.98 Å². The van der Waals surface area contributed by atoms with E-state index in [2.05, 4.69) is 85.0 Å². The van der Waals surface area contributed by atoms with Crippen LogP contribution in [-0.4, -0.2) is 15.2 Å². The summed E-state index contributed by atoms with van der Waals surface area (Å²) in [5.74, 6) is 5.50. The lowest BCUT2D eigenvalue weighted by molar-refractivity contribution is 0.127. The number of hydrogen-bond donors (Lipinski definition) is 1. The van der Waals surface area contributed by atoms with Gasteiger partial charge in [0.05, 0.1) is 4.83 Å². The van der Waals surface area contributed by atoms with Gasteiger partial charge >= 0.3 is 0 Å². The highest BCUT2D eigenvalue weighted by molar-refractivity contribution is 9.09. The minimum atomic E-state index is 0.237. The van der Waals surface area contributed by atoms with E-state index in [1.807, 2.05) is 0 Å². The molecule has 0 aliphatic heterocycles. The highest BCUT2D eigenvalue weighted by atomic mass is 79.9. The Balaban J connectivity index is 1.68. The predicted molar refractivity (Wildman–Crippen MR) is 117 cm³/mol. The van der Waals surface area contributed by atoms with Crippen molar-refractivity contribution in [3.63, 3.8) is 0 Å². The van der Waals surface area contributed by atoms with Crippen LogP contribution < -0.4 is 0 Å². The zero-order valence-electron chi connectivity index (χ0n) is 17.4. The van der Waals surface area contributed by atoms with E-state index in [4.69, 9.17) is 4.98 Å². The molecule has 1 N–H and O–H groups in total. The summed E-state index contributed by atoms with van der Waals surface area (Å²) in [4.78, 5) is 5.03. The summed E-state index contributed by atoms with van der Waals surface area (Å²) in [6.45, 7) is 11.7. The van der Waals surface area contributed by atoms with E-state index in [-0.39, 0.29) is 4.83 Å². The van der Waals surface area contributed by atoms with Gasteiger partial charge in [-0.2, -0.15) is 5.10 Å². The lowest BCUT2D eigenvalue weighted by atomic mass is 9.68. The Labute approximate surface area is 172 Å². The van der Waals surface area contributed by atoms with Crippen molar-refractivity contribution in [1.29, 1.82) is 0 Å². The van der Waals surface area contributed by atoms with Crippen molar-refractivity contribution in [3.05, 3.63) is 35.7 Å². The fourth-order valence-corrected chi connectivity index (χ4v) is 5.47. The first-order valence-corrected chi connectivity index (χ1v) is 11.5. The first-order valence-electron chi connectivity index (χ1n) is 10.6. The molecule has 1 aliphatic carbocycles. The first kappa shape index (κ1) is 20.6. The van der Waals surface area contributed by atoms with Crippen molar-refractivity contribution >= 4 is 15.9 Å². The van der Waals surface area contributed by atoms with E-state index in [1.165, 1.54) is 18.4 Å². The maximum Gasteiger partial charge on any atom is 0.181 e. The second-order valence-corrected chi connectivity index (χ2v) is 9.98. The number of halogens is 1. The minimum absolute atomic E-state index is 0.237. The molecule has 2 aromatic rings. The lowest BCUT2D eigenvalue weighted by Crippen LogP contribution is -2.29. The van der Waals surface area contributed by atoms with Gasteiger partial charge in [0.15, 0.2) is 5.82 Å². The van der Waals surface area contributed by atoms with E-state index in [9.17, 15) is 0 Å². The van der Waals surface area contributed by atoms with Crippen LogP contribution >= 0.6 is 15.9 Å². The van der Waals surface area contributed by atoms with Crippen LogP contribution in [0.4, 0.5) is 0 Å². The molecule has 0 radical (unpaired) electrons. The second kappa shape index (κ2) is 8.89. The van der Waals surface area contributed by atoms with Crippen molar-refractivity contribution in [2.45, 2.75) is 71.0 Å². The van der Waals surface area contributed by atoms with Crippen LogP contribution in [0.3, 0.4) is 0 Å². The highest BCUT2D eigenvalue weighted by Gasteiger charge is 2.33. The largest absolute Gasteiger partial charge is 0.262 e. The van der Waals surface area contributed by atoms with E-state index in [1.54, 1.807) is 0 Å². The average molecular weight is 432 g/mol. The molecular formula is C23H34BrN3. The Kier molecular flexibility index (Phi) is 6.78. The highest BCUT2D eigenvalue weighted by Crippen LogP contribution is 2.43. The zero-order chi connectivity index (χ0) is 19.6. The van der Waals surface area contributed by atoms with Crippen molar-refractivity contribution in [2.75, 3.05) is 0 Å². The molecule has 1 aliphatic rings. The van der Waals surface area contributed by atoms with Crippen LogP contribution in [-0.2, 0) is 0 Å². The lowest BCUT2D eigenvalue weighted by Gasteiger charge is -2.38. The fourth-order valence-electron chi connectivity index (χ4n) is 4.83. The number of benzene rings is 1. The summed E-state index contributed by atoms with van der Waals surface area (Å²) in [5.41, 5.74) is 2.46. The number of hydrogen-bond acceptors (Lipinski definition) is 2. The number of H-pyrrole nitrogens is 1. The maximum atomic E-state index is 4.79. The first-order chi connectivity index (χ1) is 12.9. The van der Waals surface area contributed by atoms with Gasteiger partial charge in [-0.3, -0.25) is 5.10 Å². The van der Waals surface area contributed by atoms with Gasteiger partial charge in [0, 0.05) is 5.56 Å². The number of alkyl halides is 1. The summed E-state index contributed by atoms with van der Waals surface area (Å²) >= 11 is 3.88. The number of rotatable bonds is 6. The van der Waals surface area contributed by atoms with Gasteiger partial charge < -0.3 is 0 Å². The van der Waals surface area contributed by atoms with Crippen molar-refractivity contribution < 1.29 is 0 Å². The van der Waals surface area contributed by atoms with Crippen LogP contribution in [0.1, 0.15) is 82.4 Å². The molecule has 4 atom stereocenters. The number of nitrogens with zero attached hydrogens (tertiary/aromatic N) is 2. The Hall–Kier alpha value is -1.16. The van der Waals surface area contributed by atoms with Crippen LogP contribution in [0.25, 0.3) is 11.4 Å². The molecule has 4 unspecified atom stereocenters. The number of nitrogens with one attached hydrogen (secondary N) is 1. The van der Waals surface area contributed by atoms with Gasteiger partial charge in [0.25, 0.3) is 0 Å². The van der Waals surface area contributed by atoms with Crippen LogP contribution in [0.2, 0.25) is 0 Å². The Morgan fingerprint density at radius 1 is 1.11 bits per heavy atom. The molecule has 1 fully saturated rings. The SMILES string of the molecule is CCC(C)c1ccc(-c2n[nH]c(C(Br)CC3C(C)CC(C)CC3C)n2)cc1. The van der Waals surface area contributed by atoms with Gasteiger partial charge in [0.1, 0.15) is 5.82 Å². The molecule has 3 nitrogen and oxygen atoms in total. The summed E-state index contributed by atoms with van der Waals surface area (Å²) < 4.78 is 0. The average Bonchev–Trinajstić information content (AvgIpc) is 3.14. The molecule has 1 aromatic carbocycles. The monoisotopic (exact) mass is 431 g/mol. The molecule has 27 heavy (non-hydrogen) atoms. The number of aromatic amines is 1. The van der Waals surface area contributed by atoms with Crippen molar-refractivity contribution in [1.82, 2.24) is 15.2 Å². The molecule has 1 aromatic heterocycles. The second-order valence-electron chi connectivity index (χ2n) is 8.87. The summed E-state index contributed by atoms with van der Waals surface area (Å²) in [5, 5.41) is 7.65. The molecule has 148 valence electrons. The smallest absolute Gasteiger partial charge is 0.181 e. The summed E-state index contributed by atoms with van der Waals surface area (Å²) in [7, 11) is 0. The third kappa shape index (κ3) is 4.82. The zero-order valence-corrected chi connectivity index (χ0v) is 19.0. The molecule has 0 bridgehead atoms. The summed E-state index contributed by atoms with van der Waals surface area (Å²) in [6, 6.07) is 8.70.